The van der Waals surface area contributed by atoms with Gasteiger partial charge in [0.25, 0.3) is 0 Å². The highest BCUT2D eigenvalue weighted by Gasteiger charge is 2.47. The molecule has 2 saturated carbocycles. The van der Waals surface area contributed by atoms with E-state index in [4.69, 9.17) is 15.2 Å². The lowest BCUT2D eigenvalue weighted by Gasteiger charge is -2.40. The molecule has 0 atom stereocenters. The molecule has 0 radical (unpaired) electrons. The van der Waals surface area contributed by atoms with Crippen LogP contribution in [0.15, 0.2) is 34.9 Å². The number of benzene rings is 1. The summed E-state index contributed by atoms with van der Waals surface area (Å²) in [6.07, 6.45) is 6.78. The van der Waals surface area contributed by atoms with Crippen LogP contribution < -0.4 is 5.73 Å². The summed E-state index contributed by atoms with van der Waals surface area (Å²) >= 11 is 0. The molecule has 110 valence electrons. The molecule has 0 spiro atoms. The van der Waals surface area contributed by atoms with E-state index in [9.17, 15) is 0 Å². The monoisotopic (exact) mass is 283 g/mol. The Morgan fingerprint density at radius 1 is 1.05 bits per heavy atom. The van der Waals surface area contributed by atoms with Crippen molar-refractivity contribution < 1.29 is 4.52 Å². The van der Waals surface area contributed by atoms with E-state index < -0.39 is 0 Å². The SMILES string of the molecule is NCC1(c2nc(C3(c4ccccc4)CCC3)no2)CCC1. The second kappa shape index (κ2) is 4.67. The standard InChI is InChI=1S/C17H21N3O/c18-12-16(8-4-9-16)15-19-14(20-21-15)17(10-5-11-17)13-6-2-1-3-7-13/h1-3,6-7H,4-5,8-12,18H2. The highest BCUT2D eigenvalue weighted by atomic mass is 16.5. The Morgan fingerprint density at radius 2 is 1.76 bits per heavy atom. The molecule has 1 aromatic heterocycles. The zero-order valence-corrected chi connectivity index (χ0v) is 12.2. The highest BCUT2D eigenvalue weighted by molar-refractivity contribution is 5.35. The molecule has 2 aromatic rings. The molecule has 0 aliphatic heterocycles. The molecule has 21 heavy (non-hydrogen) atoms. The van der Waals surface area contributed by atoms with Crippen LogP contribution in [0.4, 0.5) is 0 Å². The van der Waals surface area contributed by atoms with Gasteiger partial charge in [-0.1, -0.05) is 48.3 Å². The van der Waals surface area contributed by atoms with Gasteiger partial charge < -0.3 is 10.3 Å². The van der Waals surface area contributed by atoms with Gasteiger partial charge in [-0.25, -0.2) is 0 Å². The van der Waals surface area contributed by atoms with Gasteiger partial charge in [0, 0.05) is 6.54 Å². The highest BCUT2D eigenvalue weighted by Crippen LogP contribution is 2.49. The molecule has 0 saturated heterocycles. The Kier molecular flexibility index (Phi) is 2.89. The molecule has 4 nitrogen and oxygen atoms in total. The minimum absolute atomic E-state index is 0.0391. The summed E-state index contributed by atoms with van der Waals surface area (Å²) in [5, 5.41) is 4.34. The zero-order valence-electron chi connectivity index (χ0n) is 12.2. The number of nitrogens with two attached hydrogens (primary N) is 1. The van der Waals surface area contributed by atoms with Crippen molar-refractivity contribution in [2.45, 2.75) is 49.4 Å². The van der Waals surface area contributed by atoms with Gasteiger partial charge in [-0.15, -0.1) is 0 Å². The molecule has 4 heteroatoms. The van der Waals surface area contributed by atoms with Crippen LogP contribution in [0.3, 0.4) is 0 Å². The lowest BCUT2D eigenvalue weighted by molar-refractivity contribution is 0.181. The van der Waals surface area contributed by atoms with Crippen molar-refractivity contribution in [3.05, 3.63) is 47.6 Å². The van der Waals surface area contributed by atoms with Crippen LogP contribution in [0.25, 0.3) is 0 Å². The summed E-state index contributed by atoms with van der Waals surface area (Å²) in [5.41, 5.74) is 7.17. The first kappa shape index (κ1) is 13.0. The van der Waals surface area contributed by atoms with Gasteiger partial charge in [-0.3, -0.25) is 0 Å². The average molecular weight is 283 g/mol. The number of hydrogen-bond acceptors (Lipinski definition) is 4. The maximum Gasteiger partial charge on any atom is 0.234 e. The molecule has 2 aliphatic rings. The average Bonchev–Trinajstić information content (AvgIpc) is 2.89. The first-order valence-electron chi connectivity index (χ1n) is 7.89. The van der Waals surface area contributed by atoms with Crippen molar-refractivity contribution in [3.8, 4) is 0 Å². The Hall–Kier alpha value is -1.68. The lowest BCUT2D eigenvalue weighted by Crippen LogP contribution is -2.42. The maximum atomic E-state index is 5.95. The Balaban J connectivity index is 1.71. The van der Waals surface area contributed by atoms with Crippen LogP contribution in [0.2, 0.25) is 0 Å². The van der Waals surface area contributed by atoms with Gasteiger partial charge in [0.2, 0.25) is 5.89 Å². The molecular weight excluding hydrogens is 262 g/mol. The molecule has 0 bridgehead atoms. The van der Waals surface area contributed by atoms with E-state index in [0.29, 0.717) is 6.54 Å². The van der Waals surface area contributed by atoms with E-state index in [0.717, 1.165) is 37.4 Å². The first-order chi connectivity index (χ1) is 10.3. The normalized spacial score (nSPS) is 22.3. The summed E-state index contributed by atoms with van der Waals surface area (Å²) in [4.78, 5) is 4.79. The fourth-order valence-electron chi connectivity index (χ4n) is 3.67. The van der Waals surface area contributed by atoms with Gasteiger partial charge in [0.05, 0.1) is 10.8 Å². The summed E-state index contributed by atoms with van der Waals surface area (Å²) < 4.78 is 5.63. The molecule has 0 amide bonds. The minimum Gasteiger partial charge on any atom is -0.339 e. The van der Waals surface area contributed by atoms with Crippen molar-refractivity contribution in [1.82, 2.24) is 10.1 Å². The molecule has 2 aliphatic carbocycles. The summed E-state index contributed by atoms with van der Waals surface area (Å²) in [5.74, 6) is 1.61. The van der Waals surface area contributed by atoms with Crippen LogP contribution in [-0.2, 0) is 10.8 Å². The third kappa shape index (κ3) is 1.78. The van der Waals surface area contributed by atoms with Gasteiger partial charge in [0.15, 0.2) is 5.82 Å². The summed E-state index contributed by atoms with van der Waals surface area (Å²) in [7, 11) is 0. The van der Waals surface area contributed by atoms with Gasteiger partial charge in [-0.2, -0.15) is 4.98 Å². The van der Waals surface area contributed by atoms with E-state index >= 15 is 0 Å². The van der Waals surface area contributed by atoms with Crippen LogP contribution in [0.5, 0.6) is 0 Å². The quantitative estimate of drug-likeness (QED) is 0.937. The van der Waals surface area contributed by atoms with Gasteiger partial charge in [-0.05, 0) is 31.2 Å². The van der Waals surface area contributed by atoms with Crippen molar-refractivity contribution in [1.29, 1.82) is 0 Å². The van der Waals surface area contributed by atoms with Gasteiger partial charge in [0.1, 0.15) is 0 Å². The number of nitrogens with zero attached hydrogens (tertiary/aromatic N) is 2. The predicted octanol–water partition coefficient (Wildman–Crippen LogP) is 2.92. The van der Waals surface area contributed by atoms with Crippen molar-refractivity contribution in [2.75, 3.05) is 6.54 Å². The van der Waals surface area contributed by atoms with Crippen molar-refractivity contribution >= 4 is 0 Å². The molecule has 4 rings (SSSR count). The largest absolute Gasteiger partial charge is 0.339 e. The van der Waals surface area contributed by atoms with Crippen molar-refractivity contribution in [3.63, 3.8) is 0 Å². The predicted molar refractivity (Wildman–Crippen MR) is 80.0 cm³/mol. The van der Waals surface area contributed by atoms with Crippen LogP contribution >= 0.6 is 0 Å². The van der Waals surface area contributed by atoms with Crippen molar-refractivity contribution in [2.24, 2.45) is 5.73 Å². The second-order valence-corrected chi connectivity index (χ2v) is 6.56. The Bertz CT molecular complexity index is 621. The fraction of sp³-hybridized carbons (Fsp3) is 0.529. The third-order valence-corrected chi connectivity index (χ3v) is 5.54. The number of aromatic nitrogens is 2. The minimum atomic E-state index is -0.0487. The summed E-state index contributed by atoms with van der Waals surface area (Å²) in [6.45, 7) is 0.604. The fourth-order valence-corrected chi connectivity index (χ4v) is 3.67. The van der Waals surface area contributed by atoms with E-state index in [-0.39, 0.29) is 10.8 Å². The lowest BCUT2D eigenvalue weighted by atomic mass is 9.64. The van der Waals surface area contributed by atoms with E-state index in [2.05, 4.69) is 35.5 Å². The van der Waals surface area contributed by atoms with Crippen LogP contribution in [-0.4, -0.2) is 16.7 Å². The molecule has 2 N–H and O–H groups in total. The Labute approximate surface area is 124 Å². The molecule has 1 heterocycles. The first-order valence-corrected chi connectivity index (χ1v) is 7.89. The molecule has 1 aromatic carbocycles. The molecule has 2 fully saturated rings. The topological polar surface area (TPSA) is 64.9 Å². The number of rotatable bonds is 4. The van der Waals surface area contributed by atoms with E-state index in [1.165, 1.54) is 18.4 Å². The smallest absolute Gasteiger partial charge is 0.234 e. The Morgan fingerprint density at radius 3 is 2.29 bits per heavy atom. The molecule has 0 unspecified atom stereocenters. The maximum absolute atomic E-state index is 5.95. The van der Waals surface area contributed by atoms with E-state index in [1.807, 2.05) is 0 Å². The van der Waals surface area contributed by atoms with E-state index in [1.54, 1.807) is 0 Å². The number of hydrogen-bond donors (Lipinski definition) is 1. The van der Waals surface area contributed by atoms with Gasteiger partial charge >= 0.3 is 0 Å². The van der Waals surface area contributed by atoms with Crippen LogP contribution in [0.1, 0.15) is 55.8 Å². The zero-order chi connectivity index (χ0) is 14.3. The van der Waals surface area contributed by atoms with Crippen LogP contribution in [0, 0.1) is 0 Å². The molecular formula is C17H21N3O. The second-order valence-electron chi connectivity index (χ2n) is 6.56. The summed E-state index contributed by atoms with van der Waals surface area (Å²) in [6, 6.07) is 10.6. The third-order valence-electron chi connectivity index (χ3n) is 5.54.